The number of hydrogen-bond donors (Lipinski definition) is 0. The summed E-state index contributed by atoms with van der Waals surface area (Å²) < 4.78 is 4.64. The quantitative estimate of drug-likeness (QED) is 0.577. The molecule has 0 aromatic heterocycles. The van der Waals surface area contributed by atoms with Crippen molar-refractivity contribution in [3.63, 3.8) is 0 Å². The van der Waals surface area contributed by atoms with Crippen LogP contribution in [-0.2, 0) is 9.53 Å². The maximum absolute atomic E-state index is 11.2. The zero-order valence-corrected chi connectivity index (χ0v) is 7.86. The molecule has 0 saturated carbocycles. The smallest absolute Gasteiger partial charge is 0.334 e. The van der Waals surface area contributed by atoms with E-state index in [0.717, 1.165) is 11.3 Å². The second kappa shape index (κ2) is 3.57. The van der Waals surface area contributed by atoms with Gasteiger partial charge in [-0.25, -0.2) is 9.79 Å². The van der Waals surface area contributed by atoms with Crippen molar-refractivity contribution >= 4 is 18.0 Å². The topological polar surface area (TPSA) is 51.0 Å². The predicted octanol–water partition coefficient (Wildman–Crippen LogP) is 0.899. The molecule has 0 radical (unpaired) electrons. The molecule has 72 valence electrons. The standard InChI is InChI=1S/C10H10N2O2/c1-14-10(13)7-2-3-8-5-11-6-12-9(8)4-7/h3-4,6H,2,5H2,1H3. The summed E-state index contributed by atoms with van der Waals surface area (Å²) in [5.74, 6) is -0.287. The van der Waals surface area contributed by atoms with Crippen LogP contribution in [0.15, 0.2) is 33.3 Å². The Balaban J connectivity index is 2.27. The Bertz CT molecular complexity index is 389. The number of nitrogens with zero attached hydrogens (tertiary/aromatic N) is 2. The maximum atomic E-state index is 11.2. The van der Waals surface area contributed by atoms with Crippen LogP contribution in [-0.4, -0.2) is 31.7 Å². The largest absolute Gasteiger partial charge is 0.466 e. The van der Waals surface area contributed by atoms with Crippen LogP contribution in [0.2, 0.25) is 0 Å². The first-order valence-corrected chi connectivity index (χ1v) is 4.35. The summed E-state index contributed by atoms with van der Waals surface area (Å²) in [5.41, 5.74) is 2.55. The monoisotopic (exact) mass is 190 g/mol. The first kappa shape index (κ1) is 8.87. The van der Waals surface area contributed by atoms with Crippen molar-refractivity contribution in [2.45, 2.75) is 6.42 Å². The van der Waals surface area contributed by atoms with Crippen molar-refractivity contribution in [1.29, 1.82) is 0 Å². The Morgan fingerprint density at radius 1 is 1.57 bits per heavy atom. The number of hydrogen-bond acceptors (Lipinski definition) is 4. The molecule has 0 atom stereocenters. The molecule has 1 heterocycles. The highest BCUT2D eigenvalue weighted by atomic mass is 16.5. The fourth-order valence-electron chi connectivity index (χ4n) is 1.44. The molecule has 0 spiro atoms. The van der Waals surface area contributed by atoms with E-state index < -0.39 is 0 Å². The zero-order valence-electron chi connectivity index (χ0n) is 7.86. The lowest BCUT2D eigenvalue weighted by Gasteiger charge is -2.14. The van der Waals surface area contributed by atoms with E-state index >= 15 is 0 Å². The summed E-state index contributed by atoms with van der Waals surface area (Å²) >= 11 is 0. The zero-order chi connectivity index (χ0) is 9.97. The van der Waals surface area contributed by atoms with Crippen LogP contribution in [0.1, 0.15) is 6.42 Å². The van der Waals surface area contributed by atoms with Gasteiger partial charge in [0.25, 0.3) is 0 Å². The van der Waals surface area contributed by atoms with Gasteiger partial charge in [-0.3, -0.25) is 4.99 Å². The second-order valence-corrected chi connectivity index (χ2v) is 3.07. The molecule has 4 heteroatoms. The van der Waals surface area contributed by atoms with Crippen LogP contribution in [0.3, 0.4) is 0 Å². The Kier molecular flexibility index (Phi) is 2.26. The number of rotatable bonds is 1. The van der Waals surface area contributed by atoms with Gasteiger partial charge in [0.2, 0.25) is 0 Å². The van der Waals surface area contributed by atoms with E-state index in [0.29, 0.717) is 18.5 Å². The van der Waals surface area contributed by atoms with Crippen molar-refractivity contribution in [2.24, 2.45) is 9.98 Å². The molecule has 0 aromatic rings. The molecule has 1 aliphatic heterocycles. The number of esters is 1. The molecule has 14 heavy (non-hydrogen) atoms. The third-order valence-corrected chi connectivity index (χ3v) is 2.20. The van der Waals surface area contributed by atoms with Crippen molar-refractivity contribution in [1.82, 2.24) is 0 Å². The molecule has 0 N–H and O–H groups in total. The van der Waals surface area contributed by atoms with Crippen molar-refractivity contribution < 1.29 is 9.53 Å². The minimum absolute atomic E-state index is 0.287. The van der Waals surface area contributed by atoms with Crippen LogP contribution in [0.5, 0.6) is 0 Å². The minimum atomic E-state index is -0.287. The van der Waals surface area contributed by atoms with E-state index in [9.17, 15) is 4.79 Å². The maximum Gasteiger partial charge on any atom is 0.334 e. The van der Waals surface area contributed by atoms with E-state index in [4.69, 9.17) is 0 Å². The van der Waals surface area contributed by atoms with E-state index in [1.165, 1.54) is 13.4 Å². The van der Waals surface area contributed by atoms with Gasteiger partial charge in [-0.05, 0) is 18.1 Å². The first-order valence-electron chi connectivity index (χ1n) is 4.35. The number of carbonyl (C=O) groups is 1. The van der Waals surface area contributed by atoms with Crippen LogP contribution in [0.25, 0.3) is 0 Å². The molecule has 1 aliphatic carbocycles. The van der Waals surface area contributed by atoms with Crippen LogP contribution >= 0.6 is 0 Å². The number of aliphatic imine (C=N–C) groups is 2. The van der Waals surface area contributed by atoms with Gasteiger partial charge in [-0.1, -0.05) is 6.08 Å². The van der Waals surface area contributed by atoms with Crippen molar-refractivity contribution in [3.05, 3.63) is 23.3 Å². The van der Waals surface area contributed by atoms with E-state index in [2.05, 4.69) is 14.7 Å². The fourth-order valence-corrected chi connectivity index (χ4v) is 1.44. The molecule has 2 rings (SSSR count). The van der Waals surface area contributed by atoms with Crippen LogP contribution < -0.4 is 0 Å². The van der Waals surface area contributed by atoms with Crippen LogP contribution in [0.4, 0.5) is 0 Å². The molecule has 4 nitrogen and oxygen atoms in total. The highest BCUT2D eigenvalue weighted by Gasteiger charge is 2.17. The van der Waals surface area contributed by atoms with Crippen LogP contribution in [0, 0.1) is 0 Å². The molecular formula is C10H10N2O2. The first-order chi connectivity index (χ1) is 6.81. The average Bonchev–Trinajstić information content (AvgIpc) is 2.27. The van der Waals surface area contributed by atoms with Crippen molar-refractivity contribution in [2.75, 3.05) is 13.7 Å². The SMILES string of the molecule is COC(=O)C1=CC2=NC=NCC2=CC1. The lowest BCUT2D eigenvalue weighted by molar-refractivity contribution is -0.136. The van der Waals surface area contributed by atoms with E-state index in [1.807, 2.05) is 6.08 Å². The minimum Gasteiger partial charge on any atom is -0.466 e. The number of ether oxygens (including phenoxy) is 1. The Labute approximate surface area is 81.7 Å². The Morgan fingerprint density at radius 2 is 2.43 bits per heavy atom. The predicted molar refractivity (Wildman–Crippen MR) is 53.6 cm³/mol. The third kappa shape index (κ3) is 1.51. The van der Waals surface area contributed by atoms with E-state index in [1.54, 1.807) is 6.08 Å². The van der Waals surface area contributed by atoms with Crippen molar-refractivity contribution in [3.8, 4) is 0 Å². The highest BCUT2D eigenvalue weighted by Crippen LogP contribution is 2.18. The van der Waals surface area contributed by atoms with Gasteiger partial charge in [0.05, 0.1) is 19.4 Å². The normalized spacial score (nSPS) is 19.1. The number of fused-ring (bicyclic) bond motifs is 1. The van der Waals surface area contributed by atoms with Gasteiger partial charge in [-0.15, -0.1) is 0 Å². The molecule has 0 unspecified atom stereocenters. The molecular weight excluding hydrogens is 180 g/mol. The van der Waals surface area contributed by atoms with Gasteiger partial charge >= 0.3 is 5.97 Å². The molecule has 0 aromatic carbocycles. The lowest BCUT2D eigenvalue weighted by atomic mass is 9.97. The highest BCUT2D eigenvalue weighted by molar-refractivity contribution is 6.16. The molecule has 2 aliphatic rings. The summed E-state index contributed by atoms with van der Waals surface area (Å²) in [7, 11) is 1.38. The summed E-state index contributed by atoms with van der Waals surface area (Å²) in [6.45, 7) is 0.657. The second-order valence-electron chi connectivity index (χ2n) is 3.07. The Morgan fingerprint density at radius 3 is 3.21 bits per heavy atom. The molecule has 0 bridgehead atoms. The summed E-state index contributed by atoms with van der Waals surface area (Å²) in [6.07, 6.45) is 5.87. The summed E-state index contributed by atoms with van der Waals surface area (Å²) in [6, 6.07) is 0. The fraction of sp³-hybridized carbons (Fsp3) is 0.300. The summed E-state index contributed by atoms with van der Waals surface area (Å²) in [5, 5.41) is 0. The molecule has 0 saturated heterocycles. The molecule has 0 fully saturated rings. The number of carbonyl (C=O) groups excluding carboxylic acids is 1. The average molecular weight is 190 g/mol. The van der Waals surface area contributed by atoms with Gasteiger partial charge in [0.1, 0.15) is 6.34 Å². The van der Waals surface area contributed by atoms with Gasteiger partial charge in [0.15, 0.2) is 0 Å². The lowest BCUT2D eigenvalue weighted by Crippen LogP contribution is -2.16. The molecule has 0 amide bonds. The number of methoxy groups -OCH3 is 1. The van der Waals surface area contributed by atoms with Gasteiger partial charge in [-0.2, -0.15) is 0 Å². The summed E-state index contributed by atoms with van der Waals surface area (Å²) in [4.78, 5) is 19.3. The third-order valence-electron chi connectivity index (χ3n) is 2.20. The van der Waals surface area contributed by atoms with Gasteiger partial charge in [0, 0.05) is 5.57 Å². The Hall–Kier alpha value is -1.71. The van der Waals surface area contributed by atoms with Gasteiger partial charge < -0.3 is 4.74 Å². The van der Waals surface area contributed by atoms with E-state index in [-0.39, 0.29) is 5.97 Å². The number of allylic oxidation sites excluding steroid dienone is 2.